The number of ether oxygens (including phenoxy) is 2. The highest BCUT2D eigenvalue weighted by atomic mass is 19.3. The van der Waals surface area contributed by atoms with Crippen molar-refractivity contribution in [2.75, 3.05) is 17.7 Å². The average Bonchev–Trinajstić information content (AvgIpc) is 3.52. The molecule has 0 saturated carbocycles. The maximum absolute atomic E-state index is 12.8. The molecule has 0 amide bonds. The van der Waals surface area contributed by atoms with Crippen LogP contribution in [0.15, 0.2) is 61.4 Å². The van der Waals surface area contributed by atoms with Crippen LogP contribution in [0.1, 0.15) is 11.1 Å². The van der Waals surface area contributed by atoms with Gasteiger partial charge < -0.3 is 20.1 Å². The van der Waals surface area contributed by atoms with Gasteiger partial charge in [-0.2, -0.15) is 15.2 Å². The lowest BCUT2D eigenvalue weighted by Crippen LogP contribution is -2.07. The number of nitrogens with zero attached hydrogens (tertiary/aromatic N) is 7. The van der Waals surface area contributed by atoms with Gasteiger partial charge in [-0.25, -0.2) is 23.3 Å². The van der Waals surface area contributed by atoms with Crippen LogP contribution < -0.4 is 20.1 Å². The van der Waals surface area contributed by atoms with Crippen LogP contribution >= 0.6 is 0 Å². The molecule has 0 saturated heterocycles. The third kappa shape index (κ3) is 5.72. The average molecular weight is 508 g/mol. The standard InChI is InChI=1S/C24H23F2N9O2/c1-15-7-22-28-14-30-35(22)11-19(15)32-24-27-9-20(37-13-16-3-5-18(36-2)6-4-16)23(33-24)31-17-8-29-34(10-17)12-21(25)26/h3-11,14,21H,12-13H2,1-2H3,(H2,27,31,32,33). The molecule has 37 heavy (non-hydrogen) atoms. The molecule has 0 aliphatic rings. The van der Waals surface area contributed by atoms with Gasteiger partial charge >= 0.3 is 0 Å². The quantitative estimate of drug-likeness (QED) is 0.284. The highest BCUT2D eigenvalue weighted by molar-refractivity contribution is 5.65. The molecular formula is C24H23F2N9O2. The first-order valence-electron chi connectivity index (χ1n) is 11.2. The van der Waals surface area contributed by atoms with E-state index in [1.165, 1.54) is 24.9 Å². The molecule has 2 N–H and O–H groups in total. The first kappa shape index (κ1) is 23.9. The predicted molar refractivity (Wildman–Crippen MR) is 132 cm³/mol. The molecule has 4 heterocycles. The molecule has 4 aromatic heterocycles. The Bertz CT molecular complexity index is 1500. The monoisotopic (exact) mass is 507 g/mol. The fourth-order valence-corrected chi connectivity index (χ4v) is 3.52. The zero-order chi connectivity index (χ0) is 25.8. The lowest BCUT2D eigenvalue weighted by atomic mass is 10.2. The van der Waals surface area contributed by atoms with Crippen molar-refractivity contribution < 1.29 is 18.3 Å². The molecule has 5 aromatic rings. The molecule has 0 radical (unpaired) electrons. The van der Waals surface area contributed by atoms with Crippen molar-refractivity contribution in [2.45, 2.75) is 26.5 Å². The third-order valence-corrected chi connectivity index (χ3v) is 5.40. The number of pyridine rings is 1. The van der Waals surface area contributed by atoms with Crippen LogP contribution in [-0.4, -0.2) is 47.9 Å². The topological polar surface area (TPSA) is 116 Å². The van der Waals surface area contributed by atoms with Crippen LogP contribution in [0.3, 0.4) is 0 Å². The Morgan fingerprint density at radius 1 is 1.03 bits per heavy atom. The van der Waals surface area contributed by atoms with Crippen LogP contribution in [0.5, 0.6) is 11.5 Å². The van der Waals surface area contributed by atoms with Gasteiger partial charge in [0.05, 0.1) is 37.1 Å². The van der Waals surface area contributed by atoms with E-state index in [1.807, 2.05) is 37.3 Å². The van der Waals surface area contributed by atoms with E-state index in [0.717, 1.165) is 32.9 Å². The number of aryl methyl sites for hydroxylation is 1. The summed E-state index contributed by atoms with van der Waals surface area (Å²) in [6, 6.07) is 9.35. The maximum Gasteiger partial charge on any atom is 0.257 e. The van der Waals surface area contributed by atoms with Gasteiger partial charge in [0, 0.05) is 6.20 Å². The Morgan fingerprint density at radius 2 is 1.86 bits per heavy atom. The molecule has 0 aliphatic heterocycles. The number of aromatic nitrogens is 7. The molecule has 0 unspecified atom stereocenters. The Labute approximate surface area is 210 Å². The van der Waals surface area contributed by atoms with Crippen LogP contribution in [0.2, 0.25) is 0 Å². The minimum atomic E-state index is -2.52. The first-order valence-corrected chi connectivity index (χ1v) is 11.2. The molecule has 190 valence electrons. The Hall–Kier alpha value is -4.81. The second kappa shape index (κ2) is 10.4. The number of fused-ring (bicyclic) bond motifs is 1. The second-order valence-electron chi connectivity index (χ2n) is 8.07. The molecule has 0 atom stereocenters. The number of halogens is 2. The highest BCUT2D eigenvalue weighted by Gasteiger charge is 2.13. The van der Waals surface area contributed by atoms with Gasteiger partial charge in [-0.3, -0.25) is 4.68 Å². The lowest BCUT2D eigenvalue weighted by Gasteiger charge is -2.14. The Morgan fingerprint density at radius 3 is 2.65 bits per heavy atom. The van der Waals surface area contributed by atoms with Crippen LogP contribution in [-0.2, 0) is 13.2 Å². The van der Waals surface area contributed by atoms with Gasteiger partial charge in [0.15, 0.2) is 17.2 Å². The fourth-order valence-electron chi connectivity index (χ4n) is 3.52. The van der Waals surface area contributed by atoms with Gasteiger partial charge in [0.1, 0.15) is 25.2 Å². The van der Waals surface area contributed by atoms with Crippen molar-refractivity contribution in [1.29, 1.82) is 0 Å². The van der Waals surface area contributed by atoms with Crippen molar-refractivity contribution in [1.82, 2.24) is 34.3 Å². The van der Waals surface area contributed by atoms with Crippen molar-refractivity contribution in [3.05, 3.63) is 72.6 Å². The first-order chi connectivity index (χ1) is 18.0. The molecule has 1 aromatic carbocycles. The van der Waals surface area contributed by atoms with Crippen LogP contribution in [0, 0.1) is 6.92 Å². The molecule has 0 spiro atoms. The smallest absolute Gasteiger partial charge is 0.257 e. The third-order valence-electron chi connectivity index (χ3n) is 5.40. The predicted octanol–water partition coefficient (Wildman–Crippen LogP) is 4.36. The zero-order valence-corrected chi connectivity index (χ0v) is 20.0. The summed E-state index contributed by atoms with van der Waals surface area (Å²) >= 11 is 0. The van der Waals surface area contributed by atoms with Gasteiger partial charge in [-0.05, 0) is 36.2 Å². The molecule has 11 nitrogen and oxygen atoms in total. The summed E-state index contributed by atoms with van der Waals surface area (Å²) in [5, 5.41) is 14.4. The number of nitrogens with one attached hydrogen (secondary N) is 2. The Kier molecular flexibility index (Phi) is 6.74. The largest absolute Gasteiger partial charge is 0.497 e. The summed E-state index contributed by atoms with van der Waals surface area (Å²) in [4.78, 5) is 13.1. The maximum atomic E-state index is 12.8. The van der Waals surface area contributed by atoms with Crippen molar-refractivity contribution in [3.8, 4) is 11.5 Å². The van der Waals surface area contributed by atoms with Crippen molar-refractivity contribution >= 4 is 28.8 Å². The summed E-state index contributed by atoms with van der Waals surface area (Å²) in [5.41, 5.74) is 3.76. The number of alkyl halides is 2. The fraction of sp³-hybridized carbons (Fsp3) is 0.208. The van der Waals surface area contributed by atoms with E-state index in [0.29, 0.717) is 23.2 Å². The van der Waals surface area contributed by atoms with E-state index in [9.17, 15) is 8.78 Å². The van der Waals surface area contributed by atoms with Gasteiger partial charge in [-0.15, -0.1) is 0 Å². The summed E-state index contributed by atoms with van der Waals surface area (Å²) in [6.07, 6.45) is 5.19. The van der Waals surface area contributed by atoms with E-state index >= 15 is 0 Å². The van der Waals surface area contributed by atoms with Gasteiger partial charge in [-0.1, -0.05) is 12.1 Å². The number of benzene rings is 1. The Balaban J connectivity index is 1.40. The van der Waals surface area contributed by atoms with Crippen molar-refractivity contribution in [2.24, 2.45) is 0 Å². The molecule has 13 heteroatoms. The lowest BCUT2D eigenvalue weighted by molar-refractivity contribution is 0.122. The van der Waals surface area contributed by atoms with E-state index in [4.69, 9.17) is 9.47 Å². The summed E-state index contributed by atoms with van der Waals surface area (Å²) in [6.45, 7) is 1.67. The molecule has 0 fully saturated rings. The van der Waals surface area contributed by atoms with Crippen molar-refractivity contribution in [3.63, 3.8) is 0 Å². The molecule has 5 rings (SSSR count). The van der Waals surface area contributed by atoms with E-state index in [1.54, 1.807) is 17.8 Å². The van der Waals surface area contributed by atoms with E-state index in [2.05, 4.69) is 35.8 Å². The second-order valence-corrected chi connectivity index (χ2v) is 8.07. The summed E-state index contributed by atoms with van der Waals surface area (Å²) < 4.78 is 39.5. The molecule has 0 aliphatic carbocycles. The van der Waals surface area contributed by atoms with E-state index in [-0.39, 0.29) is 6.61 Å². The summed E-state index contributed by atoms with van der Waals surface area (Å²) in [7, 11) is 1.60. The SMILES string of the molecule is COc1ccc(COc2cnc(Nc3cn4ncnc4cc3C)nc2Nc2cnn(CC(F)F)c2)cc1. The number of rotatable bonds is 10. The number of hydrogen-bond donors (Lipinski definition) is 2. The van der Waals surface area contributed by atoms with Gasteiger partial charge in [0.25, 0.3) is 6.43 Å². The molecule has 0 bridgehead atoms. The zero-order valence-electron chi connectivity index (χ0n) is 20.0. The number of anilines is 4. The van der Waals surface area contributed by atoms with Gasteiger partial charge in [0.2, 0.25) is 5.95 Å². The normalized spacial score (nSPS) is 11.2. The highest BCUT2D eigenvalue weighted by Crippen LogP contribution is 2.29. The summed E-state index contributed by atoms with van der Waals surface area (Å²) in [5.74, 6) is 1.74. The van der Waals surface area contributed by atoms with E-state index < -0.39 is 13.0 Å². The number of hydrogen-bond acceptors (Lipinski definition) is 9. The van der Waals surface area contributed by atoms with Crippen LogP contribution in [0.4, 0.5) is 31.9 Å². The van der Waals surface area contributed by atoms with Crippen LogP contribution in [0.25, 0.3) is 5.65 Å². The number of methoxy groups -OCH3 is 1. The minimum absolute atomic E-state index is 0.252. The minimum Gasteiger partial charge on any atom is -0.497 e. The molecular weight excluding hydrogens is 484 g/mol.